The molecular formula is C23H28F3NO5. The molecule has 9 heteroatoms. The van der Waals surface area contributed by atoms with Gasteiger partial charge in [0.2, 0.25) is 0 Å². The monoisotopic (exact) mass is 455 g/mol. The van der Waals surface area contributed by atoms with E-state index >= 15 is 0 Å². The molecular weight excluding hydrogens is 427 g/mol. The van der Waals surface area contributed by atoms with Crippen molar-refractivity contribution in [2.24, 2.45) is 0 Å². The number of fused-ring (bicyclic) bond motifs is 1. The number of esters is 1. The lowest BCUT2D eigenvalue weighted by Gasteiger charge is -2.51. The number of carbonyl (C=O) groups is 2. The standard InChI is InChI=1S/C23H28F3NO5/c1-20(2,3)31-18(28)9-14-11-22(12-27(13-22)19(29)32-21(4,5)6)30-17-10-15(23(24,25)26)7-8-16(14)17/h7-10H,11-13H2,1-6H3. The van der Waals surface area contributed by atoms with E-state index in [0.29, 0.717) is 11.1 Å². The molecule has 0 aliphatic carbocycles. The molecule has 2 aliphatic heterocycles. The lowest BCUT2D eigenvalue weighted by atomic mass is 9.81. The molecule has 1 fully saturated rings. The fourth-order valence-electron chi connectivity index (χ4n) is 3.64. The summed E-state index contributed by atoms with van der Waals surface area (Å²) in [6, 6.07) is 3.18. The Bertz CT molecular complexity index is 948. The zero-order valence-corrected chi connectivity index (χ0v) is 19.1. The molecule has 32 heavy (non-hydrogen) atoms. The van der Waals surface area contributed by atoms with Gasteiger partial charge in [0.25, 0.3) is 0 Å². The Morgan fingerprint density at radius 3 is 2.16 bits per heavy atom. The van der Waals surface area contributed by atoms with Gasteiger partial charge in [0.1, 0.15) is 22.6 Å². The molecule has 2 aliphatic rings. The summed E-state index contributed by atoms with van der Waals surface area (Å²) in [4.78, 5) is 26.2. The van der Waals surface area contributed by atoms with Gasteiger partial charge in [-0.1, -0.05) is 6.07 Å². The van der Waals surface area contributed by atoms with Crippen molar-refractivity contribution in [1.82, 2.24) is 4.90 Å². The maximum Gasteiger partial charge on any atom is 0.416 e. The minimum absolute atomic E-state index is 0.0183. The molecule has 1 aromatic carbocycles. The highest BCUT2D eigenvalue weighted by Gasteiger charge is 2.52. The van der Waals surface area contributed by atoms with E-state index in [1.807, 2.05) is 0 Å². The molecule has 1 spiro atoms. The Labute approximate surface area is 185 Å². The van der Waals surface area contributed by atoms with Crippen LogP contribution in [-0.4, -0.2) is 46.9 Å². The summed E-state index contributed by atoms with van der Waals surface area (Å²) in [6.07, 6.45) is -3.54. The van der Waals surface area contributed by atoms with Crippen molar-refractivity contribution in [1.29, 1.82) is 0 Å². The third-order valence-electron chi connectivity index (χ3n) is 4.80. The van der Waals surface area contributed by atoms with Gasteiger partial charge in [-0.3, -0.25) is 0 Å². The molecule has 1 aromatic rings. The van der Waals surface area contributed by atoms with Crippen molar-refractivity contribution in [3.8, 4) is 5.75 Å². The number of rotatable bonds is 1. The van der Waals surface area contributed by atoms with E-state index in [2.05, 4.69) is 0 Å². The molecule has 0 atom stereocenters. The summed E-state index contributed by atoms with van der Waals surface area (Å²) in [5, 5.41) is 0. The van der Waals surface area contributed by atoms with E-state index in [0.717, 1.165) is 12.1 Å². The van der Waals surface area contributed by atoms with Gasteiger partial charge in [0.15, 0.2) is 0 Å². The molecule has 0 saturated carbocycles. The smallest absolute Gasteiger partial charge is 0.416 e. The van der Waals surface area contributed by atoms with Crippen LogP contribution in [0.5, 0.6) is 5.75 Å². The molecule has 1 saturated heterocycles. The second kappa shape index (κ2) is 7.71. The van der Waals surface area contributed by atoms with E-state index < -0.39 is 40.6 Å². The zero-order chi connectivity index (χ0) is 24.1. The highest BCUT2D eigenvalue weighted by atomic mass is 19.4. The number of halogens is 3. The van der Waals surface area contributed by atoms with Crippen molar-refractivity contribution in [2.75, 3.05) is 13.1 Å². The Morgan fingerprint density at radius 2 is 1.62 bits per heavy atom. The minimum Gasteiger partial charge on any atom is -0.483 e. The van der Waals surface area contributed by atoms with Crippen LogP contribution in [0, 0.1) is 0 Å². The van der Waals surface area contributed by atoms with Crippen molar-refractivity contribution >= 4 is 17.6 Å². The first-order valence-corrected chi connectivity index (χ1v) is 10.3. The van der Waals surface area contributed by atoms with Crippen LogP contribution in [0.4, 0.5) is 18.0 Å². The van der Waals surface area contributed by atoms with Crippen molar-refractivity contribution in [3.05, 3.63) is 35.4 Å². The van der Waals surface area contributed by atoms with Crippen LogP contribution in [-0.2, 0) is 20.4 Å². The molecule has 0 N–H and O–H groups in total. The first kappa shape index (κ1) is 23.9. The van der Waals surface area contributed by atoms with E-state index in [9.17, 15) is 22.8 Å². The van der Waals surface area contributed by atoms with Crippen LogP contribution in [0.25, 0.3) is 5.57 Å². The number of carbonyl (C=O) groups excluding carboxylic acids is 2. The number of hydrogen-bond acceptors (Lipinski definition) is 5. The Hall–Kier alpha value is -2.71. The number of ether oxygens (including phenoxy) is 3. The summed E-state index contributed by atoms with van der Waals surface area (Å²) < 4.78 is 56.4. The number of alkyl halides is 3. The first-order valence-electron chi connectivity index (χ1n) is 10.3. The molecule has 2 heterocycles. The Kier molecular flexibility index (Phi) is 5.77. The van der Waals surface area contributed by atoms with Crippen LogP contribution in [0.15, 0.2) is 24.3 Å². The third-order valence-corrected chi connectivity index (χ3v) is 4.80. The molecule has 0 unspecified atom stereocenters. The quantitative estimate of drug-likeness (QED) is 0.430. The van der Waals surface area contributed by atoms with Gasteiger partial charge >= 0.3 is 18.2 Å². The first-order chi connectivity index (χ1) is 14.5. The molecule has 0 radical (unpaired) electrons. The Morgan fingerprint density at radius 1 is 1.03 bits per heavy atom. The van der Waals surface area contributed by atoms with E-state index in [1.165, 1.54) is 17.0 Å². The average molecular weight is 455 g/mol. The highest BCUT2D eigenvalue weighted by Crippen LogP contribution is 2.46. The molecule has 1 amide bonds. The van der Waals surface area contributed by atoms with Gasteiger partial charge in [0, 0.05) is 18.1 Å². The van der Waals surface area contributed by atoms with Gasteiger partial charge < -0.3 is 19.1 Å². The molecule has 6 nitrogen and oxygen atoms in total. The van der Waals surface area contributed by atoms with E-state index in [1.54, 1.807) is 41.5 Å². The largest absolute Gasteiger partial charge is 0.483 e. The maximum atomic E-state index is 13.3. The van der Waals surface area contributed by atoms with E-state index in [-0.39, 0.29) is 25.3 Å². The summed E-state index contributed by atoms with van der Waals surface area (Å²) >= 11 is 0. The number of nitrogens with zero attached hydrogens (tertiary/aromatic N) is 1. The van der Waals surface area contributed by atoms with Crippen LogP contribution in [0.3, 0.4) is 0 Å². The van der Waals surface area contributed by atoms with Crippen molar-refractivity contribution in [2.45, 2.75) is 70.9 Å². The van der Waals surface area contributed by atoms with Crippen molar-refractivity contribution < 1.29 is 37.0 Å². The lowest BCUT2D eigenvalue weighted by molar-refractivity contribution is -0.148. The van der Waals surface area contributed by atoms with Crippen molar-refractivity contribution in [3.63, 3.8) is 0 Å². The molecule has 0 bridgehead atoms. The normalized spacial score (nSPS) is 19.2. The van der Waals surface area contributed by atoms with E-state index in [4.69, 9.17) is 14.2 Å². The highest BCUT2D eigenvalue weighted by molar-refractivity contribution is 5.93. The molecule has 0 aromatic heterocycles. The topological polar surface area (TPSA) is 65.1 Å². The summed E-state index contributed by atoms with van der Waals surface area (Å²) in [6.45, 7) is 10.7. The van der Waals surface area contributed by atoms with Crippen LogP contribution in [0.2, 0.25) is 0 Å². The SMILES string of the molecule is CC(C)(C)OC(=O)C=C1CC2(CN(C(=O)OC(C)(C)C)C2)Oc2cc(C(F)(F)F)ccc21. The second-order valence-corrected chi connectivity index (χ2v) is 10.2. The predicted octanol–water partition coefficient (Wildman–Crippen LogP) is 5.20. The van der Waals surface area contributed by atoms with Crippen LogP contribution in [0.1, 0.15) is 59.1 Å². The molecule has 3 rings (SSSR count). The van der Waals surface area contributed by atoms with Gasteiger partial charge in [-0.05, 0) is 59.2 Å². The number of likely N-dealkylation sites (tertiary alicyclic amines) is 1. The minimum atomic E-state index is -4.54. The molecule has 176 valence electrons. The number of hydrogen-bond donors (Lipinski definition) is 0. The lowest BCUT2D eigenvalue weighted by Crippen LogP contribution is -2.67. The van der Waals surface area contributed by atoms with Gasteiger partial charge in [-0.2, -0.15) is 13.2 Å². The maximum absolute atomic E-state index is 13.3. The summed E-state index contributed by atoms with van der Waals surface area (Å²) in [5.41, 5.74) is -2.30. The fraction of sp³-hybridized carbons (Fsp3) is 0.565. The number of amides is 1. The third kappa shape index (κ3) is 5.55. The Balaban J connectivity index is 1.91. The zero-order valence-electron chi connectivity index (χ0n) is 19.1. The fourth-order valence-corrected chi connectivity index (χ4v) is 3.64. The van der Waals surface area contributed by atoms with Gasteiger partial charge in [-0.15, -0.1) is 0 Å². The summed E-state index contributed by atoms with van der Waals surface area (Å²) in [5.74, 6) is -0.580. The number of benzene rings is 1. The average Bonchev–Trinajstić information content (AvgIpc) is 2.54. The van der Waals surface area contributed by atoms with Gasteiger partial charge in [0.05, 0.1) is 18.7 Å². The van der Waals surface area contributed by atoms with Gasteiger partial charge in [-0.25, -0.2) is 9.59 Å². The summed E-state index contributed by atoms with van der Waals surface area (Å²) in [7, 11) is 0. The predicted molar refractivity (Wildman–Crippen MR) is 111 cm³/mol. The van der Waals surface area contributed by atoms with Crippen LogP contribution < -0.4 is 4.74 Å². The second-order valence-electron chi connectivity index (χ2n) is 10.2. The van der Waals surface area contributed by atoms with Crippen LogP contribution >= 0.6 is 0 Å².